The van der Waals surface area contributed by atoms with Crippen molar-refractivity contribution in [1.29, 1.82) is 0 Å². The summed E-state index contributed by atoms with van der Waals surface area (Å²) >= 11 is 0. The second-order valence-electron chi connectivity index (χ2n) is 5.17. The molecule has 8 heteroatoms. The number of carbonyl (C=O) groups is 3. The second-order valence-corrected chi connectivity index (χ2v) is 5.17. The van der Waals surface area contributed by atoms with Crippen LogP contribution in [0.3, 0.4) is 0 Å². The number of esters is 1. The van der Waals surface area contributed by atoms with Crippen molar-refractivity contribution in [3.05, 3.63) is 66.0 Å². The smallest absolute Gasteiger partial charge is 0.331 e. The fourth-order valence-electron chi connectivity index (χ4n) is 2.03. The highest BCUT2D eigenvalue weighted by molar-refractivity contribution is 6.02. The lowest BCUT2D eigenvalue weighted by Crippen LogP contribution is -2.37. The van der Waals surface area contributed by atoms with Crippen LogP contribution < -0.4 is 15.4 Å². The molecule has 0 fully saturated rings. The number of urea groups is 1. The molecular formula is C19H17FN2O5. The van der Waals surface area contributed by atoms with Crippen molar-refractivity contribution >= 4 is 29.7 Å². The Labute approximate surface area is 154 Å². The molecule has 0 unspecified atom stereocenters. The van der Waals surface area contributed by atoms with Crippen molar-refractivity contribution in [1.82, 2.24) is 5.32 Å². The fourth-order valence-corrected chi connectivity index (χ4v) is 2.03. The quantitative estimate of drug-likeness (QED) is 0.601. The molecule has 0 aliphatic rings. The van der Waals surface area contributed by atoms with Crippen LogP contribution in [-0.4, -0.2) is 31.6 Å². The van der Waals surface area contributed by atoms with Gasteiger partial charge in [0.15, 0.2) is 6.61 Å². The lowest BCUT2D eigenvalue weighted by molar-refractivity contribution is -0.143. The van der Waals surface area contributed by atoms with Gasteiger partial charge in [-0.3, -0.25) is 10.1 Å². The second kappa shape index (κ2) is 9.71. The maximum Gasteiger partial charge on any atom is 0.331 e. The number of nitrogens with one attached hydrogen (secondary N) is 2. The summed E-state index contributed by atoms with van der Waals surface area (Å²) in [6.45, 7) is -0.667. The van der Waals surface area contributed by atoms with E-state index in [0.29, 0.717) is 11.3 Å². The van der Waals surface area contributed by atoms with Gasteiger partial charge < -0.3 is 14.8 Å². The van der Waals surface area contributed by atoms with Gasteiger partial charge in [0, 0.05) is 11.6 Å². The topological polar surface area (TPSA) is 93.7 Å². The zero-order valence-corrected chi connectivity index (χ0v) is 14.4. The molecule has 140 valence electrons. The fraction of sp³-hybridized carbons (Fsp3) is 0.105. The molecule has 0 atom stereocenters. The number of anilines is 1. The molecular weight excluding hydrogens is 355 g/mol. The van der Waals surface area contributed by atoms with E-state index in [1.54, 1.807) is 24.3 Å². The first-order valence-corrected chi connectivity index (χ1v) is 7.83. The van der Waals surface area contributed by atoms with Crippen molar-refractivity contribution in [3.8, 4) is 5.75 Å². The molecule has 0 aromatic heterocycles. The number of para-hydroxylation sites is 2. The minimum atomic E-state index is -0.939. The van der Waals surface area contributed by atoms with Gasteiger partial charge in [0.1, 0.15) is 11.6 Å². The normalized spacial score (nSPS) is 10.3. The Hall–Kier alpha value is -3.68. The van der Waals surface area contributed by atoms with Crippen molar-refractivity contribution in [2.75, 3.05) is 19.0 Å². The van der Waals surface area contributed by atoms with Gasteiger partial charge in [-0.1, -0.05) is 30.3 Å². The number of amides is 3. The lowest BCUT2D eigenvalue weighted by Gasteiger charge is -2.07. The predicted octanol–water partition coefficient (Wildman–Crippen LogP) is 2.74. The number of ether oxygens (including phenoxy) is 2. The Morgan fingerprint density at radius 1 is 1.07 bits per heavy atom. The highest BCUT2D eigenvalue weighted by Gasteiger charge is 2.11. The molecule has 27 heavy (non-hydrogen) atoms. The minimum Gasteiger partial charge on any atom is -0.496 e. The summed E-state index contributed by atoms with van der Waals surface area (Å²) in [5, 5.41) is 4.10. The van der Waals surface area contributed by atoms with Crippen molar-refractivity contribution < 1.29 is 28.2 Å². The van der Waals surface area contributed by atoms with Crippen molar-refractivity contribution in [2.45, 2.75) is 0 Å². The molecule has 2 rings (SSSR count). The summed E-state index contributed by atoms with van der Waals surface area (Å²) in [6.07, 6.45) is 2.61. The summed E-state index contributed by atoms with van der Waals surface area (Å²) in [4.78, 5) is 34.9. The van der Waals surface area contributed by atoms with Gasteiger partial charge in [0.25, 0.3) is 5.91 Å². The van der Waals surface area contributed by atoms with E-state index in [0.717, 1.165) is 12.1 Å². The first-order valence-electron chi connectivity index (χ1n) is 7.83. The third-order valence-electron chi connectivity index (χ3n) is 3.26. The van der Waals surface area contributed by atoms with Gasteiger partial charge in [0.2, 0.25) is 0 Å². The molecule has 2 aromatic rings. The average Bonchev–Trinajstić information content (AvgIpc) is 2.66. The first kappa shape index (κ1) is 19.6. The van der Waals surface area contributed by atoms with Gasteiger partial charge >= 0.3 is 12.0 Å². The van der Waals surface area contributed by atoms with E-state index in [1.807, 2.05) is 5.32 Å². The minimum absolute atomic E-state index is 0.0838. The molecule has 7 nitrogen and oxygen atoms in total. The number of methoxy groups -OCH3 is 1. The largest absolute Gasteiger partial charge is 0.496 e. The molecule has 0 heterocycles. The van der Waals surface area contributed by atoms with Crippen LogP contribution in [0.1, 0.15) is 5.56 Å². The van der Waals surface area contributed by atoms with E-state index in [4.69, 9.17) is 9.47 Å². The number of imide groups is 1. The van der Waals surface area contributed by atoms with Gasteiger partial charge in [0.05, 0.1) is 12.8 Å². The van der Waals surface area contributed by atoms with Crippen LogP contribution >= 0.6 is 0 Å². The SMILES string of the molecule is COc1ccccc1/C=C/C(=O)OCC(=O)NC(=O)Nc1ccccc1F. The van der Waals surface area contributed by atoms with Crippen LogP contribution in [0.5, 0.6) is 5.75 Å². The molecule has 0 radical (unpaired) electrons. The van der Waals surface area contributed by atoms with Crippen LogP contribution in [-0.2, 0) is 14.3 Å². The average molecular weight is 372 g/mol. The number of rotatable bonds is 6. The zero-order valence-electron chi connectivity index (χ0n) is 14.4. The van der Waals surface area contributed by atoms with E-state index in [2.05, 4.69) is 5.32 Å². The highest BCUT2D eigenvalue weighted by atomic mass is 19.1. The third-order valence-corrected chi connectivity index (χ3v) is 3.26. The molecule has 0 aliphatic heterocycles. The molecule has 3 amide bonds. The highest BCUT2D eigenvalue weighted by Crippen LogP contribution is 2.18. The van der Waals surface area contributed by atoms with E-state index < -0.39 is 30.3 Å². The number of carbonyl (C=O) groups excluding carboxylic acids is 3. The van der Waals surface area contributed by atoms with Gasteiger partial charge in [-0.15, -0.1) is 0 Å². The molecule has 0 aliphatic carbocycles. The summed E-state index contributed by atoms with van der Waals surface area (Å²) in [5.74, 6) is -1.70. The Balaban J connectivity index is 1.79. The Morgan fingerprint density at radius 2 is 1.78 bits per heavy atom. The van der Waals surface area contributed by atoms with Crippen LogP contribution in [0, 0.1) is 5.82 Å². The number of halogens is 1. The van der Waals surface area contributed by atoms with Gasteiger partial charge in [-0.25, -0.2) is 14.0 Å². The summed E-state index contributed by atoms with van der Waals surface area (Å²) < 4.78 is 23.3. The van der Waals surface area contributed by atoms with Crippen LogP contribution in [0.15, 0.2) is 54.6 Å². The molecule has 2 aromatic carbocycles. The maximum absolute atomic E-state index is 13.4. The standard InChI is InChI=1S/C19H17FN2O5/c1-26-16-9-5-2-6-13(16)10-11-18(24)27-12-17(23)22-19(25)21-15-8-4-3-7-14(15)20/h2-11H,12H2,1H3,(H2,21,22,23,25)/b11-10+. The van der Waals surface area contributed by atoms with E-state index in [9.17, 15) is 18.8 Å². The van der Waals surface area contributed by atoms with Crippen molar-refractivity contribution in [3.63, 3.8) is 0 Å². The molecule has 0 spiro atoms. The van der Waals surface area contributed by atoms with Gasteiger partial charge in [-0.2, -0.15) is 0 Å². The van der Waals surface area contributed by atoms with Crippen LogP contribution in [0.25, 0.3) is 6.08 Å². The number of benzene rings is 2. The Bertz CT molecular complexity index is 867. The number of hydrogen-bond acceptors (Lipinski definition) is 5. The van der Waals surface area contributed by atoms with Crippen LogP contribution in [0.2, 0.25) is 0 Å². The summed E-state index contributed by atoms with van der Waals surface area (Å²) in [5.41, 5.74) is 0.574. The lowest BCUT2D eigenvalue weighted by atomic mass is 10.2. The summed E-state index contributed by atoms with van der Waals surface area (Å²) in [7, 11) is 1.50. The zero-order chi connectivity index (χ0) is 19.6. The molecule has 2 N–H and O–H groups in total. The maximum atomic E-state index is 13.4. The Morgan fingerprint density at radius 3 is 2.52 bits per heavy atom. The molecule has 0 saturated carbocycles. The monoisotopic (exact) mass is 372 g/mol. The van der Waals surface area contributed by atoms with E-state index in [-0.39, 0.29) is 5.69 Å². The van der Waals surface area contributed by atoms with Gasteiger partial charge in [-0.05, 0) is 24.3 Å². The van der Waals surface area contributed by atoms with E-state index >= 15 is 0 Å². The van der Waals surface area contributed by atoms with Crippen LogP contribution in [0.4, 0.5) is 14.9 Å². The number of hydrogen-bond donors (Lipinski definition) is 2. The Kier molecular flexibility index (Phi) is 7.07. The molecule has 0 saturated heterocycles. The molecule has 0 bridgehead atoms. The van der Waals surface area contributed by atoms with Crippen molar-refractivity contribution in [2.24, 2.45) is 0 Å². The summed E-state index contributed by atoms with van der Waals surface area (Å²) in [6, 6.07) is 11.6. The van der Waals surface area contributed by atoms with E-state index in [1.165, 1.54) is 31.4 Å². The first-order chi connectivity index (χ1) is 13.0. The predicted molar refractivity (Wildman–Crippen MR) is 96.5 cm³/mol. The third kappa shape index (κ3) is 6.28.